The van der Waals surface area contributed by atoms with Crippen LogP contribution in [-0.4, -0.2) is 24.5 Å². The molecule has 2 aromatic carbocycles. The molecule has 26 heavy (non-hydrogen) atoms. The summed E-state index contributed by atoms with van der Waals surface area (Å²) in [7, 11) is 1.80. The number of rotatable bonds is 5. The third-order valence-electron chi connectivity index (χ3n) is 4.17. The molecule has 1 heterocycles. The van der Waals surface area contributed by atoms with Gasteiger partial charge < -0.3 is 10.6 Å². The fourth-order valence-corrected chi connectivity index (χ4v) is 2.91. The number of aromatic nitrogens is 1. The SMILES string of the molecule is CN=C(NCCc1cccc2cccnc12)NCc1cccc(C)c1.I. The van der Waals surface area contributed by atoms with Gasteiger partial charge in [-0.25, -0.2) is 0 Å². The molecule has 3 aromatic rings. The fraction of sp³-hybridized carbons (Fsp3) is 0.238. The van der Waals surface area contributed by atoms with Crippen LogP contribution in [0.1, 0.15) is 16.7 Å². The van der Waals surface area contributed by atoms with Crippen molar-refractivity contribution in [2.45, 2.75) is 19.9 Å². The number of nitrogens with one attached hydrogen (secondary N) is 2. The highest BCUT2D eigenvalue weighted by Crippen LogP contribution is 2.15. The van der Waals surface area contributed by atoms with Gasteiger partial charge in [0.1, 0.15) is 0 Å². The summed E-state index contributed by atoms with van der Waals surface area (Å²) in [5, 5.41) is 7.92. The van der Waals surface area contributed by atoms with E-state index in [-0.39, 0.29) is 24.0 Å². The third-order valence-corrected chi connectivity index (χ3v) is 4.17. The standard InChI is InChI=1S/C21H24N4.HI/c1-16-6-3-7-17(14-16)15-25-21(22-2)24-13-11-19-9-4-8-18-10-5-12-23-20(18)19;/h3-10,12,14H,11,13,15H2,1-2H3,(H2,22,24,25);1H. The van der Waals surface area contributed by atoms with Crippen molar-refractivity contribution < 1.29 is 0 Å². The molecule has 0 fully saturated rings. The van der Waals surface area contributed by atoms with Crippen LogP contribution in [0.2, 0.25) is 0 Å². The highest BCUT2D eigenvalue weighted by molar-refractivity contribution is 14.0. The summed E-state index contributed by atoms with van der Waals surface area (Å²) < 4.78 is 0. The maximum Gasteiger partial charge on any atom is 0.191 e. The number of aryl methyl sites for hydroxylation is 1. The monoisotopic (exact) mass is 460 g/mol. The Morgan fingerprint density at radius 2 is 1.85 bits per heavy atom. The van der Waals surface area contributed by atoms with Gasteiger partial charge in [0.2, 0.25) is 0 Å². The normalized spacial score (nSPS) is 11.1. The van der Waals surface area contributed by atoms with Crippen LogP contribution in [0.3, 0.4) is 0 Å². The predicted octanol–water partition coefficient (Wildman–Crippen LogP) is 4.07. The zero-order chi connectivity index (χ0) is 17.5. The van der Waals surface area contributed by atoms with Gasteiger partial charge in [-0.15, -0.1) is 24.0 Å². The van der Waals surface area contributed by atoms with Crippen molar-refractivity contribution >= 4 is 40.8 Å². The molecule has 0 saturated carbocycles. The minimum Gasteiger partial charge on any atom is -0.356 e. The molecular formula is C21H25IN4. The third kappa shape index (κ3) is 5.42. The van der Waals surface area contributed by atoms with Crippen molar-refractivity contribution in [3.63, 3.8) is 0 Å². The Kier molecular flexibility index (Phi) is 7.84. The Hall–Kier alpha value is -2.15. The summed E-state index contributed by atoms with van der Waals surface area (Å²) in [5.41, 5.74) is 4.85. The first-order chi connectivity index (χ1) is 12.3. The summed E-state index contributed by atoms with van der Waals surface area (Å²) >= 11 is 0. The zero-order valence-corrected chi connectivity index (χ0v) is 17.5. The first kappa shape index (κ1) is 20.2. The molecule has 0 aliphatic rings. The van der Waals surface area contributed by atoms with Gasteiger partial charge in [-0.05, 0) is 30.5 Å². The van der Waals surface area contributed by atoms with Crippen molar-refractivity contribution in [2.75, 3.05) is 13.6 Å². The second kappa shape index (κ2) is 10.1. The van der Waals surface area contributed by atoms with E-state index in [9.17, 15) is 0 Å². The topological polar surface area (TPSA) is 49.3 Å². The number of guanidine groups is 1. The number of hydrogen-bond donors (Lipinski definition) is 2. The van der Waals surface area contributed by atoms with E-state index in [2.05, 4.69) is 76.1 Å². The van der Waals surface area contributed by atoms with Gasteiger partial charge in [0, 0.05) is 31.7 Å². The van der Waals surface area contributed by atoms with E-state index in [0.29, 0.717) is 0 Å². The lowest BCUT2D eigenvalue weighted by Crippen LogP contribution is -2.37. The smallest absolute Gasteiger partial charge is 0.191 e. The van der Waals surface area contributed by atoms with E-state index in [0.717, 1.165) is 31.0 Å². The molecular weight excluding hydrogens is 435 g/mol. The number of fused-ring (bicyclic) bond motifs is 1. The molecule has 5 heteroatoms. The molecule has 0 radical (unpaired) electrons. The van der Waals surface area contributed by atoms with Crippen LogP contribution in [0.25, 0.3) is 10.9 Å². The van der Waals surface area contributed by atoms with Crippen LogP contribution in [-0.2, 0) is 13.0 Å². The Bertz CT molecular complexity index is 871. The summed E-state index contributed by atoms with van der Waals surface area (Å²) in [6, 6.07) is 18.9. The van der Waals surface area contributed by atoms with Crippen LogP contribution in [0, 0.1) is 6.92 Å². The number of pyridine rings is 1. The minimum absolute atomic E-state index is 0. The Morgan fingerprint density at radius 1 is 1.04 bits per heavy atom. The van der Waals surface area contributed by atoms with Crippen LogP contribution in [0.15, 0.2) is 65.8 Å². The van der Waals surface area contributed by atoms with Gasteiger partial charge in [-0.3, -0.25) is 9.98 Å². The quantitative estimate of drug-likeness (QED) is 0.343. The summed E-state index contributed by atoms with van der Waals surface area (Å²) in [6.45, 7) is 3.68. The zero-order valence-electron chi connectivity index (χ0n) is 15.2. The van der Waals surface area contributed by atoms with Gasteiger partial charge in [0.05, 0.1) is 5.52 Å². The number of benzene rings is 2. The predicted molar refractivity (Wildman–Crippen MR) is 120 cm³/mol. The molecule has 136 valence electrons. The molecule has 0 aliphatic carbocycles. The Balaban J connectivity index is 0.00000243. The summed E-state index contributed by atoms with van der Waals surface area (Å²) in [4.78, 5) is 8.81. The number of para-hydroxylation sites is 1. The Morgan fingerprint density at radius 3 is 2.65 bits per heavy atom. The molecule has 1 aromatic heterocycles. The second-order valence-electron chi connectivity index (χ2n) is 6.08. The van der Waals surface area contributed by atoms with Gasteiger partial charge >= 0.3 is 0 Å². The second-order valence-corrected chi connectivity index (χ2v) is 6.08. The number of halogens is 1. The van der Waals surface area contributed by atoms with Gasteiger partial charge in [-0.1, -0.05) is 54.1 Å². The Labute approximate surface area is 172 Å². The molecule has 0 atom stereocenters. The van der Waals surface area contributed by atoms with Crippen molar-refractivity contribution in [3.8, 4) is 0 Å². The van der Waals surface area contributed by atoms with Gasteiger partial charge in [-0.2, -0.15) is 0 Å². The molecule has 2 N–H and O–H groups in total. The lowest BCUT2D eigenvalue weighted by molar-refractivity contribution is 0.795. The molecule has 3 rings (SSSR count). The average molecular weight is 460 g/mol. The fourth-order valence-electron chi connectivity index (χ4n) is 2.91. The molecule has 0 saturated heterocycles. The molecule has 0 unspecified atom stereocenters. The maximum atomic E-state index is 4.51. The minimum atomic E-state index is 0. The van der Waals surface area contributed by atoms with Crippen LogP contribution in [0.5, 0.6) is 0 Å². The van der Waals surface area contributed by atoms with E-state index in [1.165, 1.54) is 22.1 Å². The van der Waals surface area contributed by atoms with Crippen molar-refractivity contribution in [1.82, 2.24) is 15.6 Å². The van der Waals surface area contributed by atoms with Crippen LogP contribution < -0.4 is 10.6 Å². The van der Waals surface area contributed by atoms with E-state index < -0.39 is 0 Å². The largest absolute Gasteiger partial charge is 0.356 e. The van der Waals surface area contributed by atoms with Crippen molar-refractivity contribution in [1.29, 1.82) is 0 Å². The summed E-state index contributed by atoms with van der Waals surface area (Å²) in [5.74, 6) is 0.815. The van der Waals surface area contributed by atoms with E-state index >= 15 is 0 Å². The number of hydrogen-bond acceptors (Lipinski definition) is 2. The first-order valence-electron chi connectivity index (χ1n) is 8.59. The van der Waals surface area contributed by atoms with Crippen molar-refractivity contribution in [2.24, 2.45) is 4.99 Å². The van der Waals surface area contributed by atoms with Crippen LogP contribution >= 0.6 is 24.0 Å². The van der Waals surface area contributed by atoms with Gasteiger partial charge in [0.15, 0.2) is 5.96 Å². The molecule has 4 nitrogen and oxygen atoms in total. The highest BCUT2D eigenvalue weighted by Gasteiger charge is 2.03. The summed E-state index contributed by atoms with van der Waals surface area (Å²) in [6.07, 6.45) is 2.75. The average Bonchev–Trinajstić information content (AvgIpc) is 2.64. The maximum absolute atomic E-state index is 4.51. The number of aliphatic imine (C=N–C) groups is 1. The van der Waals surface area contributed by atoms with Crippen molar-refractivity contribution in [3.05, 3.63) is 77.5 Å². The molecule has 0 bridgehead atoms. The number of nitrogens with zero attached hydrogens (tertiary/aromatic N) is 2. The molecule has 0 amide bonds. The highest BCUT2D eigenvalue weighted by atomic mass is 127. The van der Waals surface area contributed by atoms with Gasteiger partial charge in [0.25, 0.3) is 0 Å². The van der Waals surface area contributed by atoms with E-state index in [1.54, 1.807) is 7.05 Å². The van der Waals surface area contributed by atoms with E-state index in [4.69, 9.17) is 0 Å². The lowest BCUT2D eigenvalue weighted by atomic mass is 10.1. The molecule has 0 spiro atoms. The van der Waals surface area contributed by atoms with Crippen LogP contribution in [0.4, 0.5) is 0 Å². The first-order valence-corrected chi connectivity index (χ1v) is 8.59. The van der Waals surface area contributed by atoms with E-state index in [1.807, 2.05) is 12.3 Å². The molecule has 0 aliphatic heterocycles. The lowest BCUT2D eigenvalue weighted by Gasteiger charge is -2.13.